The van der Waals surface area contributed by atoms with Gasteiger partial charge in [0.1, 0.15) is 11.3 Å². The van der Waals surface area contributed by atoms with Crippen LogP contribution in [0.5, 0.6) is 5.75 Å². The van der Waals surface area contributed by atoms with Crippen molar-refractivity contribution in [3.8, 4) is 5.75 Å². The first-order valence-corrected chi connectivity index (χ1v) is 8.91. The van der Waals surface area contributed by atoms with Gasteiger partial charge in [0.05, 0.1) is 25.9 Å². The molecule has 134 valence electrons. The lowest BCUT2D eigenvalue weighted by Crippen LogP contribution is -2.50. The molecule has 1 fully saturated rings. The number of hydrogen-bond donors (Lipinski definition) is 0. The number of carbonyl (C=O) groups excluding carboxylic acids is 1. The summed E-state index contributed by atoms with van der Waals surface area (Å²) < 4.78 is 16.2. The van der Waals surface area contributed by atoms with Gasteiger partial charge in [-0.15, -0.1) is 0 Å². The Morgan fingerprint density at radius 3 is 2.72 bits per heavy atom. The second-order valence-electron chi connectivity index (χ2n) is 7.08. The number of methoxy groups -OCH3 is 3. The quantitative estimate of drug-likeness (QED) is 0.624. The monoisotopic (exact) mass is 343 g/mol. The zero-order chi connectivity index (χ0) is 17.6. The summed E-state index contributed by atoms with van der Waals surface area (Å²) in [4.78, 5) is 14.9. The highest BCUT2D eigenvalue weighted by atomic mass is 16.5. The largest absolute Gasteiger partial charge is 0.496 e. The molecule has 5 nitrogen and oxygen atoms in total. The fourth-order valence-corrected chi connectivity index (χ4v) is 4.92. The Morgan fingerprint density at radius 1 is 1.20 bits per heavy atom. The third kappa shape index (κ3) is 2.33. The molecule has 0 N–H and O–H groups in total. The molecule has 1 spiro atoms. The van der Waals surface area contributed by atoms with Crippen LogP contribution in [-0.2, 0) is 21.4 Å². The lowest BCUT2D eigenvalue weighted by molar-refractivity contribution is 0.0290. The van der Waals surface area contributed by atoms with E-state index < -0.39 is 0 Å². The Labute approximate surface area is 148 Å². The minimum absolute atomic E-state index is 0.137. The van der Waals surface area contributed by atoms with E-state index in [0.29, 0.717) is 11.3 Å². The van der Waals surface area contributed by atoms with E-state index in [-0.39, 0.29) is 17.6 Å². The van der Waals surface area contributed by atoms with Gasteiger partial charge in [-0.1, -0.05) is 6.08 Å². The predicted octanol–water partition coefficient (Wildman–Crippen LogP) is 2.67. The van der Waals surface area contributed by atoms with Crippen molar-refractivity contribution in [2.45, 2.75) is 37.3 Å². The molecule has 4 rings (SSSR count). The fraction of sp³-hybridized carbons (Fsp3) is 0.550. The lowest BCUT2D eigenvalue weighted by Gasteiger charge is -2.48. The molecule has 25 heavy (non-hydrogen) atoms. The number of carbonyl (C=O) groups is 1. The summed E-state index contributed by atoms with van der Waals surface area (Å²) in [5.41, 5.74) is 4.34. The first-order valence-electron chi connectivity index (χ1n) is 8.91. The molecule has 1 aromatic rings. The zero-order valence-electron chi connectivity index (χ0n) is 15.1. The highest BCUT2D eigenvalue weighted by molar-refractivity contribution is 5.93. The van der Waals surface area contributed by atoms with Gasteiger partial charge in [0.25, 0.3) is 0 Å². The van der Waals surface area contributed by atoms with Gasteiger partial charge in [0, 0.05) is 26.6 Å². The molecule has 1 saturated heterocycles. The van der Waals surface area contributed by atoms with Gasteiger partial charge < -0.3 is 14.2 Å². The summed E-state index contributed by atoms with van der Waals surface area (Å²) in [6.45, 7) is 2.10. The van der Waals surface area contributed by atoms with E-state index in [0.717, 1.165) is 38.8 Å². The summed E-state index contributed by atoms with van der Waals surface area (Å²) >= 11 is 0. The zero-order valence-corrected chi connectivity index (χ0v) is 15.1. The van der Waals surface area contributed by atoms with Crippen LogP contribution in [0.3, 0.4) is 0 Å². The molecular weight excluding hydrogens is 318 g/mol. The van der Waals surface area contributed by atoms with Crippen molar-refractivity contribution < 1.29 is 19.0 Å². The summed E-state index contributed by atoms with van der Waals surface area (Å²) in [6, 6.07) is 4.03. The molecule has 0 amide bonds. The fourth-order valence-electron chi connectivity index (χ4n) is 4.92. The summed E-state index contributed by atoms with van der Waals surface area (Å²) in [5, 5.41) is 0. The van der Waals surface area contributed by atoms with E-state index in [1.54, 1.807) is 14.2 Å². The predicted molar refractivity (Wildman–Crippen MR) is 94.0 cm³/mol. The number of esters is 1. The first-order chi connectivity index (χ1) is 12.1. The van der Waals surface area contributed by atoms with Crippen molar-refractivity contribution in [3.63, 3.8) is 0 Å². The maximum absolute atomic E-state index is 12.3. The summed E-state index contributed by atoms with van der Waals surface area (Å²) in [5.74, 6) is 0.244. The third-order valence-electron chi connectivity index (χ3n) is 6.13. The standard InChI is InChI=1S/C20H25NO4/c1-23-15-5-4-14-7-9-21-8-6-13-10-18(24-2)16(19(22)25-3)11-17(13)20(14,21)12-15/h4,10-11,15H,5-9,12H2,1-3H3. The van der Waals surface area contributed by atoms with Gasteiger partial charge in [-0.25, -0.2) is 4.79 Å². The smallest absolute Gasteiger partial charge is 0.341 e. The molecule has 1 aromatic carbocycles. The van der Waals surface area contributed by atoms with Gasteiger partial charge in [0.15, 0.2) is 0 Å². The van der Waals surface area contributed by atoms with E-state index in [9.17, 15) is 4.79 Å². The van der Waals surface area contributed by atoms with Crippen LogP contribution in [0, 0.1) is 0 Å². The Balaban J connectivity index is 1.91. The Morgan fingerprint density at radius 2 is 2.00 bits per heavy atom. The number of fused-ring (bicyclic) bond motifs is 1. The number of hydrogen-bond acceptors (Lipinski definition) is 5. The number of ether oxygens (including phenoxy) is 3. The average Bonchev–Trinajstić information content (AvgIpc) is 3.05. The van der Waals surface area contributed by atoms with Crippen LogP contribution in [0.25, 0.3) is 0 Å². The highest BCUT2D eigenvalue weighted by Crippen LogP contribution is 2.53. The van der Waals surface area contributed by atoms with Crippen LogP contribution in [0.15, 0.2) is 23.8 Å². The second kappa shape index (κ2) is 6.15. The molecule has 5 heteroatoms. The Kier molecular flexibility index (Phi) is 4.08. The van der Waals surface area contributed by atoms with Crippen molar-refractivity contribution in [1.29, 1.82) is 0 Å². The third-order valence-corrected chi connectivity index (χ3v) is 6.13. The molecule has 2 atom stereocenters. The van der Waals surface area contributed by atoms with Gasteiger partial charge in [0.2, 0.25) is 0 Å². The van der Waals surface area contributed by atoms with E-state index >= 15 is 0 Å². The molecular formula is C20H25NO4. The summed E-state index contributed by atoms with van der Waals surface area (Å²) in [6.07, 6.45) is 6.54. The van der Waals surface area contributed by atoms with Crippen LogP contribution in [0.4, 0.5) is 0 Å². The van der Waals surface area contributed by atoms with Gasteiger partial charge in [-0.05, 0) is 48.1 Å². The molecule has 2 aliphatic heterocycles. The summed E-state index contributed by atoms with van der Waals surface area (Å²) in [7, 11) is 4.80. The maximum atomic E-state index is 12.3. The number of rotatable bonds is 3. The van der Waals surface area contributed by atoms with Crippen molar-refractivity contribution in [2.75, 3.05) is 34.4 Å². The SMILES string of the molecule is COC(=O)c1cc2c(cc1OC)CCN1CCC3=CCC(OC)CC321. The van der Waals surface area contributed by atoms with E-state index in [1.807, 2.05) is 12.1 Å². The van der Waals surface area contributed by atoms with E-state index in [1.165, 1.54) is 23.8 Å². The normalized spacial score (nSPS) is 27.8. The van der Waals surface area contributed by atoms with Crippen LogP contribution in [-0.4, -0.2) is 51.4 Å². The minimum Gasteiger partial charge on any atom is -0.496 e. The average molecular weight is 343 g/mol. The maximum Gasteiger partial charge on any atom is 0.341 e. The highest BCUT2D eigenvalue weighted by Gasteiger charge is 2.52. The van der Waals surface area contributed by atoms with Crippen molar-refractivity contribution in [1.82, 2.24) is 4.90 Å². The van der Waals surface area contributed by atoms with Crippen LogP contribution < -0.4 is 4.74 Å². The lowest BCUT2D eigenvalue weighted by atomic mass is 9.70. The Bertz CT molecular complexity index is 741. The minimum atomic E-state index is -0.351. The van der Waals surface area contributed by atoms with Gasteiger partial charge >= 0.3 is 5.97 Å². The van der Waals surface area contributed by atoms with E-state index in [2.05, 4.69) is 11.0 Å². The van der Waals surface area contributed by atoms with Crippen LogP contribution in [0.2, 0.25) is 0 Å². The molecule has 0 radical (unpaired) electrons. The van der Waals surface area contributed by atoms with Gasteiger partial charge in [-0.3, -0.25) is 4.90 Å². The molecule has 2 unspecified atom stereocenters. The Hall–Kier alpha value is -1.85. The van der Waals surface area contributed by atoms with Crippen molar-refractivity contribution in [2.24, 2.45) is 0 Å². The molecule has 0 bridgehead atoms. The number of benzene rings is 1. The molecule has 1 aliphatic carbocycles. The topological polar surface area (TPSA) is 48.0 Å². The van der Waals surface area contributed by atoms with E-state index in [4.69, 9.17) is 14.2 Å². The van der Waals surface area contributed by atoms with Crippen LogP contribution >= 0.6 is 0 Å². The second-order valence-corrected chi connectivity index (χ2v) is 7.08. The van der Waals surface area contributed by atoms with Gasteiger partial charge in [-0.2, -0.15) is 0 Å². The molecule has 3 aliphatic rings. The van der Waals surface area contributed by atoms with Crippen LogP contribution in [0.1, 0.15) is 40.7 Å². The molecule has 2 heterocycles. The molecule has 0 saturated carbocycles. The van der Waals surface area contributed by atoms with Crippen molar-refractivity contribution in [3.05, 3.63) is 40.5 Å². The molecule has 0 aromatic heterocycles. The van der Waals surface area contributed by atoms with Crippen molar-refractivity contribution >= 4 is 5.97 Å². The number of nitrogens with zero attached hydrogens (tertiary/aromatic N) is 1. The first kappa shape index (κ1) is 16.6.